The summed E-state index contributed by atoms with van der Waals surface area (Å²) in [5.41, 5.74) is 1.91. The van der Waals surface area contributed by atoms with Gasteiger partial charge in [-0.1, -0.05) is 17.7 Å². The Kier molecular flexibility index (Phi) is 2.09. The number of benzene rings is 1. The van der Waals surface area contributed by atoms with E-state index in [2.05, 4.69) is 10.2 Å². The number of carboxylic acid groups (broad SMARTS) is 1. The van der Waals surface area contributed by atoms with Crippen molar-refractivity contribution in [3.05, 3.63) is 34.5 Å². The number of carbonyl (C=O) groups is 1. The van der Waals surface area contributed by atoms with Crippen molar-refractivity contribution in [3.8, 4) is 17.0 Å². The Labute approximate surface area is 101 Å². The number of nitrogens with one attached hydrogen (secondary N) is 1. The number of hydrogen-bond acceptors (Lipinski definition) is 3. The van der Waals surface area contributed by atoms with Gasteiger partial charge < -0.3 is 9.84 Å². The lowest BCUT2D eigenvalue weighted by Crippen LogP contribution is -2.09. The molecule has 2 N–H and O–H groups in total. The van der Waals surface area contributed by atoms with Gasteiger partial charge in [0.1, 0.15) is 18.1 Å². The summed E-state index contributed by atoms with van der Waals surface area (Å²) in [5.74, 6) is -0.502. The van der Waals surface area contributed by atoms with E-state index in [1.807, 2.05) is 0 Å². The van der Waals surface area contributed by atoms with E-state index in [1.54, 1.807) is 18.2 Å². The number of aromatic nitrogens is 2. The topological polar surface area (TPSA) is 75.2 Å². The predicted octanol–water partition coefficient (Wildman–Crippen LogP) is 2.32. The molecule has 0 unspecified atom stereocenters. The highest BCUT2D eigenvalue weighted by molar-refractivity contribution is 6.32. The predicted molar refractivity (Wildman–Crippen MR) is 60.3 cm³/mol. The quantitative estimate of drug-likeness (QED) is 0.814. The SMILES string of the molecule is O=C(O)c1[nH]nc2c1COc1c(Cl)cccc1-2. The van der Waals surface area contributed by atoms with Crippen molar-refractivity contribution < 1.29 is 14.6 Å². The lowest BCUT2D eigenvalue weighted by molar-refractivity contribution is 0.0687. The minimum Gasteiger partial charge on any atom is -0.486 e. The molecule has 3 rings (SSSR count). The average molecular weight is 251 g/mol. The molecule has 1 aromatic heterocycles. The first kappa shape index (κ1) is 10.2. The van der Waals surface area contributed by atoms with Gasteiger partial charge in [0.2, 0.25) is 0 Å². The van der Waals surface area contributed by atoms with E-state index in [1.165, 1.54) is 0 Å². The highest BCUT2D eigenvalue weighted by Crippen LogP contribution is 2.41. The van der Waals surface area contributed by atoms with E-state index < -0.39 is 5.97 Å². The number of nitrogens with zero attached hydrogens (tertiary/aromatic N) is 1. The van der Waals surface area contributed by atoms with Crippen LogP contribution in [0.2, 0.25) is 5.02 Å². The van der Waals surface area contributed by atoms with Crippen LogP contribution in [0.15, 0.2) is 18.2 Å². The molecule has 17 heavy (non-hydrogen) atoms. The second kappa shape index (κ2) is 3.49. The van der Waals surface area contributed by atoms with Crippen LogP contribution < -0.4 is 4.74 Å². The molecule has 2 aromatic rings. The van der Waals surface area contributed by atoms with Crippen LogP contribution in [0.1, 0.15) is 16.1 Å². The Morgan fingerprint density at radius 2 is 2.35 bits per heavy atom. The van der Waals surface area contributed by atoms with Crippen LogP contribution in [0, 0.1) is 0 Å². The van der Waals surface area contributed by atoms with Crippen LogP contribution in [-0.2, 0) is 6.61 Å². The second-order valence-electron chi connectivity index (χ2n) is 3.64. The number of carboxylic acids is 1. The molecule has 1 aliphatic heterocycles. The fourth-order valence-corrected chi connectivity index (χ4v) is 2.12. The highest BCUT2D eigenvalue weighted by atomic mass is 35.5. The molecule has 5 nitrogen and oxygen atoms in total. The van der Waals surface area contributed by atoms with Crippen LogP contribution in [-0.4, -0.2) is 21.3 Å². The van der Waals surface area contributed by atoms with E-state index in [9.17, 15) is 4.79 Å². The smallest absolute Gasteiger partial charge is 0.354 e. The van der Waals surface area contributed by atoms with Gasteiger partial charge in [-0.2, -0.15) is 5.10 Å². The molecule has 0 amide bonds. The number of fused-ring (bicyclic) bond motifs is 3. The fraction of sp³-hybridized carbons (Fsp3) is 0.0909. The molecule has 0 bridgehead atoms. The van der Waals surface area contributed by atoms with Crippen molar-refractivity contribution in [2.45, 2.75) is 6.61 Å². The number of rotatable bonds is 1. The average Bonchev–Trinajstić information content (AvgIpc) is 2.73. The lowest BCUT2D eigenvalue weighted by Gasteiger charge is -2.17. The van der Waals surface area contributed by atoms with Crippen molar-refractivity contribution in [3.63, 3.8) is 0 Å². The zero-order valence-electron chi connectivity index (χ0n) is 8.53. The van der Waals surface area contributed by atoms with Gasteiger partial charge in [-0.05, 0) is 12.1 Å². The lowest BCUT2D eigenvalue weighted by atomic mass is 10.0. The summed E-state index contributed by atoms with van der Waals surface area (Å²) in [4.78, 5) is 11.0. The Morgan fingerprint density at radius 3 is 3.12 bits per heavy atom. The number of hydrogen-bond donors (Lipinski definition) is 2. The summed E-state index contributed by atoms with van der Waals surface area (Å²) < 4.78 is 5.47. The normalized spacial score (nSPS) is 12.5. The van der Waals surface area contributed by atoms with Crippen molar-refractivity contribution in [2.24, 2.45) is 0 Å². The molecule has 0 radical (unpaired) electrons. The Bertz CT molecular complexity index is 621. The second-order valence-corrected chi connectivity index (χ2v) is 4.04. The summed E-state index contributed by atoms with van der Waals surface area (Å²) in [6.07, 6.45) is 0. The minimum absolute atomic E-state index is 0.0608. The third-order valence-electron chi connectivity index (χ3n) is 2.66. The Hall–Kier alpha value is -2.01. The summed E-state index contributed by atoms with van der Waals surface area (Å²) in [7, 11) is 0. The molecule has 86 valence electrons. The monoisotopic (exact) mass is 250 g/mol. The number of ether oxygens (including phenoxy) is 1. The molecule has 0 aliphatic carbocycles. The number of halogens is 1. The number of aromatic amines is 1. The maximum atomic E-state index is 11.0. The molecular weight excluding hydrogens is 244 g/mol. The highest BCUT2D eigenvalue weighted by Gasteiger charge is 2.27. The van der Waals surface area contributed by atoms with Crippen LogP contribution in [0.3, 0.4) is 0 Å². The zero-order chi connectivity index (χ0) is 12.0. The maximum Gasteiger partial charge on any atom is 0.354 e. The molecule has 0 fully saturated rings. The van der Waals surface area contributed by atoms with Crippen LogP contribution >= 0.6 is 11.6 Å². The van der Waals surface area contributed by atoms with E-state index in [-0.39, 0.29) is 12.3 Å². The van der Waals surface area contributed by atoms with Gasteiger partial charge in [-0.25, -0.2) is 4.79 Å². The van der Waals surface area contributed by atoms with Gasteiger partial charge in [0.15, 0.2) is 5.69 Å². The van der Waals surface area contributed by atoms with Gasteiger partial charge >= 0.3 is 5.97 Å². The first-order chi connectivity index (χ1) is 8.18. The maximum absolute atomic E-state index is 11.0. The zero-order valence-corrected chi connectivity index (χ0v) is 9.28. The van der Waals surface area contributed by atoms with E-state index >= 15 is 0 Å². The molecule has 0 atom stereocenters. The van der Waals surface area contributed by atoms with Crippen molar-refractivity contribution >= 4 is 17.6 Å². The molecule has 1 aliphatic rings. The van der Waals surface area contributed by atoms with Gasteiger partial charge in [0.25, 0.3) is 0 Å². The number of para-hydroxylation sites is 1. The third kappa shape index (κ3) is 1.39. The molecular formula is C11H7ClN2O3. The van der Waals surface area contributed by atoms with Crippen molar-refractivity contribution in [1.82, 2.24) is 10.2 Å². The molecule has 0 saturated heterocycles. The summed E-state index contributed by atoms with van der Waals surface area (Å²) >= 11 is 6.00. The molecule has 0 spiro atoms. The summed E-state index contributed by atoms with van der Waals surface area (Å²) in [6.45, 7) is 0.157. The summed E-state index contributed by atoms with van der Waals surface area (Å²) in [5, 5.41) is 16.0. The number of aromatic carboxylic acids is 1. The van der Waals surface area contributed by atoms with Gasteiger partial charge in [-0.15, -0.1) is 0 Å². The molecule has 1 aromatic carbocycles. The molecule has 0 saturated carbocycles. The molecule has 6 heteroatoms. The first-order valence-electron chi connectivity index (χ1n) is 4.90. The van der Waals surface area contributed by atoms with Crippen molar-refractivity contribution in [2.75, 3.05) is 0 Å². The Morgan fingerprint density at radius 1 is 1.53 bits per heavy atom. The van der Waals surface area contributed by atoms with E-state index in [4.69, 9.17) is 21.4 Å². The van der Waals surface area contributed by atoms with Gasteiger partial charge in [0.05, 0.1) is 10.6 Å². The first-order valence-corrected chi connectivity index (χ1v) is 5.28. The van der Waals surface area contributed by atoms with Crippen LogP contribution in [0.5, 0.6) is 5.75 Å². The third-order valence-corrected chi connectivity index (χ3v) is 2.96. The van der Waals surface area contributed by atoms with Gasteiger partial charge in [-0.3, -0.25) is 5.10 Å². The molecule has 2 heterocycles. The largest absolute Gasteiger partial charge is 0.486 e. The van der Waals surface area contributed by atoms with Gasteiger partial charge in [0, 0.05) is 5.56 Å². The van der Waals surface area contributed by atoms with Crippen LogP contribution in [0.25, 0.3) is 11.3 Å². The summed E-state index contributed by atoms with van der Waals surface area (Å²) in [6, 6.07) is 5.29. The Balaban J connectivity index is 2.25. The fourth-order valence-electron chi connectivity index (χ4n) is 1.89. The van der Waals surface area contributed by atoms with Crippen molar-refractivity contribution in [1.29, 1.82) is 0 Å². The van der Waals surface area contributed by atoms with Crippen LogP contribution in [0.4, 0.5) is 0 Å². The van der Waals surface area contributed by atoms with E-state index in [0.29, 0.717) is 27.6 Å². The standard InChI is InChI=1S/C11H7ClN2O3/c12-7-3-1-2-5-8-6(4-17-10(5)7)9(11(15)16)14-13-8/h1-3H,4H2,(H,13,14)(H,15,16). The number of H-pyrrole nitrogens is 1. The minimum atomic E-state index is -1.05. The van der Waals surface area contributed by atoms with E-state index in [0.717, 1.165) is 0 Å².